The maximum atomic E-state index is 13.7. The highest BCUT2D eigenvalue weighted by atomic mass is 28.4. The van der Waals surface area contributed by atoms with Gasteiger partial charge in [-0.25, -0.2) is 0 Å². The Hall–Kier alpha value is -0.586. The predicted octanol–water partition coefficient (Wildman–Crippen LogP) is 3.74. The lowest BCUT2D eigenvalue weighted by atomic mass is 9.82. The van der Waals surface area contributed by atoms with Gasteiger partial charge in [-0.1, -0.05) is 41.5 Å². The Morgan fingerprint density at radius 3 is 2.10 bits per heavy atom. The number of amides is 1. The summed E-state index contributed by atoms with van der Waals surface area (Å²) in [6, 6.07) is -0.635. The molecule has 3 aliphatic heterocycles. The maximum Gasteiger partial charge on any atom is 0.220 e. The summed E-state index contributed by atoms with van der Waals surface area (Å²) in [4.78, 5) is 26.4. The second-order valence-corrected chi connectivity index (χ2v) is 21.8. The molecule has 178 valence electrons. The summed E-state index contributed by atoms with van der Waals surface area (Å²) >= 11 is 0. The van der Waals surface area contributed by atoms with E-state index in [1.54, 1.807) is 0 Å². The van der Waals surface area contributed by atoms with Gasteiger partial charge in [0.15, 0.2) is 34.3 Å². The van der Waals surface area contributed by atoms with E-state index in [0.29, 0.717) is 6.61 Å². The zero-order chi connectivity index (χ0) is 23.6. The smallest absolute Gasteiger partial charge is 0.220 e. The van der Waals surface area contributed by atoms with Gasteiger partial charge in [-0.3, -0.25) is 9.59 Å². The standard InChI is InChI=1S/C22H41NO6Si2/c1-20(2,3)30(7,8)28-17-14-13-26-19(27-14)22(29-31(9,10)21(4,5)6)15(24)11-12-16(25)23-18(17)22/h14,17-19H,11-13H2,1-10H3,(H,23,25)/t14-,17-,18+,19-,22-/m1/s1. The zero-order valence-electron chi connectivity index (χ0n) is 20.9. The molecule has 0 radical (unpaired) electrons. The Balaban J connectivity index is 2.12. The average molecular weight is 472 g/mol. The molecule has 5 atom stereocenters. The third-order valence-corrected chi connectivity index (χ3v) is 17.0. The fourth-order valence-electron chi connectivity index (χ4n) is 3.99. The van der Waals surface area contributed by atoms with E-state index in [4.69, 9.17) is 18.3 Å². The fourth-order valence-corrected chi connectivity index (χ4v) is 6.80. The summed E-state index contributed by atoms with van der Waals surface area (Å²) in [6.07, 6.45) is -1.43. The van der Waals surface area contributed by atoms with Crippen molar-refractivity contribution < 1.29 is 27.9 Å². The van der Waals surface area contributed by atoms with Crippen molar-refractivity contribution in [1.29, 1.82) is 0 Å². The van der Waals surface area contributed by atoms with Crippen molar-refractivity contribution >= 4 is 28.3 Å². The van der Waals surface area contributed by atoms with Crippen LogP contribution in [0.4, 0.5) is 0 Å². The van der Waals surface area contributed by atoms with Gasteiger partial charge in [-0.2, -0.15) is 0 Å². The quantitative estimate of drug-likeness (QED) is 0.629. The molecule has 3 heterocycles. The van der Waals surface area contributed by atoms with Crippen molar-refractivity contribution in [2.75, 3.05) is 6.61 Å². The fraction of sp³-hybridized carbons (Fsp3) is 0.909. The third kappa shape index (κ3) is 4.22. The monoisotopic (exact) mass is 471 g/mol. The summed E-state index contributed by atoms with van der Waals surface area (Å²) in [6.45, 7) is 21.8. The molecule has 0 aliphatic carbocycles. The highest BCUT2D eigenvalue weighted by Crippen LogP contribution is 2.49. The molecular weight excluding hydrogens is 430 g/mol. The molecule has 3 rings (SSSR count). The first-order chi connectivity index (χ1) is 13.9. The third-order valence-electron chi connectivity index (χ3n) is 8.02. The Bertz CT molecular complexity index is 741. The lowest BCUT2D eigenvalue weighted by Gasteiger charge is -2.54. The number of fused-ring (bicyclic) bond motifs is 4. The molecule has 3 fully saturated rings. The van der Waals surface area contributed by atoms with E-state index < -0.39 is 40.7 Å². The SMILES string of the molecule is CC(C)(C)[Si](C)(C)O[C@@H]1[C@H]2CO[C@H](O2)[C@@]2(O[Si](C)(C)C(C)(C)C)C(=O)CCC(=O)N[C@@H]12. The van der Waals surface area contributed by atoms with Gasteiger partial charge in [0.05, 0.1) is 18.8 Å². The topological polar surface area (TPSA) is 83.1 Å². The molecule has 9 heteroatoms. The maximum absolute atomic E-state index is 13.7. The van der Waals surface area contributed by atoms with Crippen LogP contribution < -0.4 is 5.32 Å². The minimum absolute atomic E-state index is 0.0367. The minimum atomic E-state index is -2.44. The molecule has 2 bridgehead atoms. The molecule has 0 spiro atoms. The second kappa shape index (κ2) is 7.73. The molecule has 0 unspecified atom stereocenters. The van der Waals surface area contributed by atoms with Gasteiger partial charge in [0.1, 0.15) is 6.10 Å². The summed E-state index contributed by atoms with van der Waals surface area (Å²) < 4.78 is 26.0. The summed E-state index contributed by atoms with van der Waals surface area (Å²) in [7, 11) is -4.68. The van der Waals surface area contributed by atoms with E-state index in [1.807, 2.05) is 0 Å². The van der Waals surface area contributed by atoms with Crippen molar-refractivity contribution in [2.45, 2.75) is 121 Å². The van der Waals surface area contributed by atoms with Crippen LogP contribution in [0.25, 0.3) is 0 Å². The molecule has 0 aromatic rings. The van der Waals surface area contributed by atoms with E-state index in [1.165, 1.54) is 0 Å². The Morgan fingerprint density at radius 1 is 0.968 bits per heavy atom. The van der Waals surface area contributed by atoms with Crippen LogP contribution in [0.3, 0.4) is 0 Å². The normalized spacial score (nSPS) is 34.9. The molecule has 0 aromatic heterocycles. The van der Waals surface area contributed by atoms with Gasteiger partial charge in [-0.15, -0.1) is 0 Å². The summed E-state index contributed by atoms with van der Waals surface area (Å²) in [5, 5.41) is 2.96. The molecule has 0 saturated carbocycles. The molecule has 3 aliphatic rings. The number of ketones is 1. The Labute approximate surface area is 189 Å². The number of nitrogens with one attached hydrogen (secondary N) is 1. The number of ether oxygens (including phenoxy) is 2. The predicted molar refractivity (Wildman–Crippen MR) is 124 cm³/mol. The highest BCUT2D eigenvalue weighted by Gasteiger charge is 2.68. The first-order valence-electron chi connectivity index (χ1n) is 11.4. The van der Waals surface area contributed by atoms with Crippen LogP contribution >= 0.6 is 0 Å². The number of hydrogen-bond donors (Lipinski definition) is 1. The van der Waals surface area contributed by atoms with Crippen LogP contribution in [0.2, 0.25) is 36.3 Å². The van der Waals surface area contributed by atoms with Gasteiger partial charge in [0.2, 0.25) is 5.91 Å². The molecular formula is C22H41NO6Si2. The number of Topliss-reactive ketones (excluding diaryl/α,β-unsaturated/α-hetero) is 1. The van der Waals surface area contributed by atoms with Crippen LogP contribution in [0.15, 0.2) is 0 Å². The zero-order valence-corrected chi connectivity index (χ0v) is 22.9. The van der Waals surface area contributed by atoms with E-state index in [0.717, 1.165) is 0 Å². The van der Waals surface area contributed by atoms with Gasteiger partial charge in [0, 0.05) is 12.8 Å². The van der Waals surface area contributed by atoms with Crippen molar-refractivity contribution in [3.63, 3.8) is 0 Å². The van der Waals surface area contributed by atoms with Crippen LogP contribution in [-0.4, -0.2) is 65.1 Å². The summed E-state index contributed by atoms with van der Waals surface area (Å²) in [5.41, 5.74) is -1.39. The summed E-state index contributed by atoms with van der Waals surface area (Å²) in [5.74, 6) is -0.279. The van der Waals surface area contributed by atoms with Gasteiger partial charge in [0.25, 0.3) is 0 Å². The molecule has 7 nitrogen and oxygen atoms in total. The van der Waals surface area contributed by atoms with Crippen molar-refractivity contribution in [3.8, 4) is 0 Å². The Kier molecular flexibility index (Phi) is 6.25. The first-order valence-corrected chi connectivity index (χ1v) is 17.2. The largest absolute Gasteiger partial charge is 0.409 e. The highest BCUT2D eigenvalue weighted by molar-refractivity contribution is 6.74. The number of hydrogen-bond acceptors (Lipinski definition) is 6. The molecule has 0 aromatic carbocycles. The van der Waals surface area contributed by atoms with Gasteiger partial charge in [-0.05, 0) is 36.3 Å². The van der Waals surface area contributed by atoms with E-state index in [2.05, 4.69) is 73.0 Å². The molecule has 31 heavy (non-hydrogen) atoms. The van der Waals surface area contributed by atoms with E-state index in [9.17, 15) is 9.59 Å². The van der Waals surface area contributed by atoms with Crippen LogP contribution in [0.1, 0.15) is 54.4 Å². The van der Waals surface area contributed by atoms with E-state index in [-0.39, 0.29) is 40.7 Å². The first kappa shape index (κ1) is 25.0. The number of carbonyl (C=O) groups excluding carboxylic acids is 2. The number of carbonyl (C=O) groups is 2. The molecule has 3 saturated heterocycles. The lowest BCUT2D eigenvalue weighted by Crippen LogP contribution is -2.75. The molecule has 1 N–H and O–H groups in total. The molecule has 1 amide bonds. The lowest BCUT2D eigenvalue weighted by molar-refractivity contribution is -0.232. The van der Waals surface area contributed by atoms with E-state index >= 15 is 0 Å². The average Bonchev–Trinajstić information content (AvgIpc) is 3.00. The Morgan fingerprint density at radius 2 is 1.55 bits per heavy atom. The minimum Gasteiger partial charge on any atom is -0.409 e. The number of rotatable bonds is 4. The van der Waals surface area contributed by atoms with Crippen molar-refractivity contribution in [1.82, 2.24) is 5.32 Å². The van der Waals surface area contributed by atoms with Gasteiger partial charge >= 0.3 is 0 Å². The van der Waals surface area contributed by atoms with Crippen LogP contribution in [0, 0.1) is 0 Å². The second-order valence-electron chi connectivity index (χ2n) is 12.3. The van der Waals surface area contributed by atoms with Gasteiger partial charge < -0.3 is 23.6 Å². The van der Waals surface area contributed by atoms with Crippen molar-refractivity contribution in [3.05, 3.63) is 0 Å². The van der Waals surface area contributed by atoms with Crippen LogP contribution in [0.5, 0.6) is 0 Å². The van der Waals surface area contributed by atoms with Crippen molar-refractivity contribution in [2.24, 2.45) is 0 Å². The van der Waals surface area contributed by atoms with Crippen LogP contribution in [-0.2, 0) is 27.9 Å².